The second-order valence-corrected chi connectivity index (χ2v) is 12.6. The molecule has 3 aliphatic heterocycles. The van der Waals surface area contributed by atoms with E-state index in [1.165, 1.54) is 68.4 Å². The van der Waals surface area contributed by atoms with Gasteiger partial charge in [-0.1, -0.05) is 42.5 Å². The predicted molar refractivity (Wildman–Crippen MR) is 161 cm³/mol. The fraction of sp³-hybridized carbons (Fsp3) is 0.562. The van der Waals surface area contributed by atoms with Crippen molar-refractivity contribution in [3.05, 3.63) is 66.0 Å². The van der Waals surface area contributed by atoms with Crippen molar-refractivity contribution in [3.8, 4) is 0 Å². The van der Waals surface area contributed by atoms with Crippen molar-refractivity contribution < 1.29 is 0 Å². The fourth-order valence-corrected chi connectivity index (χ4v) is 8.16. The molecule has 1 aromatic heterocycles. The van der Waals surface area contributed by atoms with Gasteiger partial charge in [0.15, 0.2) is 5.11 Å². The van der Waals surface area contributed by atoms with Crippen molar-refractivity contribution in [2.75, 3.05) is 19.6 Å². The average molecular weight is 530 g/mol. The van der Waals surface area contributed by atoms with Crippen LogP contribution in [0.3, 0.4) is 0 Å². The topological polar surface area (TPSA) is 36.3 Å². The van der Waals surface area contributed by atoms with E-state index in [0.717, 1.165) is 23.7 Å². The molecule has 0 radical (unpaired) electrons. The van der Waals surface area contributed by atoms with Crippen LogP contribution in [0.1, 0.15) is 76.2 Å². The van der Waals surface area contributed by atoms with Crippen molar-refractivity contribution in [2.45, 2.75) is 95.3 Å². The monoisotopic (exact) mass is 529 g/mol. The highest BCUT2D eigenvalue weighted by molar-refractivity contribution is 7.80. The molecule has 3 aromatic rings. The molecule has 3 atom stereocenters. The van der Waals surface area contributed by atoms with Gasteiger partial charge in [-0.05, 0) is 108 Å². The number of fused-ring (bicyclic) bond motifs is 3. The fourth-order valence-electron chi connectivity index (χ4n) is 7.74. The highest BCUT2D eigenvalue weighted by atomic mass is 32.1. The third-order valence-electron chi connectivity index (χ3n) is 9.65. The third-order valence-corrected chi connectivity index (χ3v) is 10.0. The number of imidazole rings is 1. The summed E-state index contributed by atoms with van der Waals surface area (Å²) in [4.78, 5) is 10.2. The number of thiocarbonyl (C=S) groups is 1. The molecule has 3 fully saturated rings. The van der Waals surface area contributed by atoms with Crippen LogP contribution in [0.5, 0.6) is 0 Å². The smallest absolute Gasteiger partial charge is 0.169 e. The minimum atomic E-state index is 0.235. The summed E-state index contributed by atoms with van der Waals surface area (Å²) in [6, 6.07) is 22.3. The van der Waals surface area contributed by atoms with Crippen LogP contribution in [0.15, 0.2) is 54.6 Å². The van der Waals surface area contributed by atoms with E-state index in [9.17, 15) is 0 Å². The van der Waals surface area contributed by atoms with Gasteiger partial charge >= 0.3 is 0 Å². The van der Waals surface area contributed by atoms with E-state index in [-0.39, 0.29) is 5.41 Å². The lowest BCUT2D eigenvalue weighted by Gasteiger charge is -2.46. The van der Waals surface area contributed by atoms with Gasteiger partial charge in [0.1, 0.15) is 5.82 Å². The van der Waals surface area contributed by atoms with E-state index in [1.807, 2.05) is 0 Å². The Kier molecular flexibility index (Phi) is 7.21. The van der Waals surface area contributed by atoms with Crippen molar-refractivity contribution in [1.82, 2.24) is 24.7 Å². The Hall–Kier alpha value is -2.44. The molecule has 0 amide bonds. The predicted octanol–water partition coefficient (Wildman–Crippen LogP) is 6.22. The Morgan fingerprint density at radius 2 is 1.63 bits per heavy atom. The molecule has 6 rings (SSSR count). The molecule has 6 heteroatoms. The number of aryl methyl sites for hydroxylation is 1. The summed E-state index contributed by atoms with van der Waals surface area (Å²) in [6.45, 7) is 9.80. The highest BCUT2D eigenvalue weighted by Gasteiger charge is 2.44. The Balaban J connectivity index is 1.16. The molecule has 3 aliphatic rings. The number of nitrogens with one attached hydrogen (secondary N) is 1. The van der Waals surface area contributed by atoms with Gasteiger partial charge in [0.25, 0.3) is 0 Å². The zero-order chi connectivity index (χ0) is 26.3. The number of hydrogen-bond donors (Lipinski definition) is 1. The Labute approximate surface area is 233 Å². The molecule has 2 aromatic carbocycles. The summed E-state index contributed by atoms with van der Waals surface area (Å²) in [5.41, 5.74) is 4.20. The minimum absolute atomic E-state index is 0.235. The number of hydrogen-bond acceptors (Lipinski definition) is 3. The summed E-state index contributed by atoms with van der Waals surface area (Å²) in [5.74, 6) is 1.17. The zero-order valence-corrected chi connectivity index (χ0v) is 24.1. The maximum atomic E-state index is 5.73. The van der Waals surface area contributed by atoms with Crippen LogP contribution < -0.4 is 5.32 Å². The standard InChI is InChI=1S/C32H43N5S/c1-23(2)33-31(38)35-18-15-32(16-19-35,25-9-5-4-6-10-25)17-20-36-26-13-14-27(36)22-28(21-26)37-24(3)34-29-11-7-8-12-30(29)37/h4-12,23,26-28H,13-22H2,1-3H3,(H,33,38)/t26-,27?,28?/m1/s1. The maximum absolute atomic E-state index is 5.73. The third kappa shape index (κ3) is 4.86. The lowest BCUT2D eigenvalue weighted by molar-refractivity contribution is 0.0887. The molecule has 0 aliphatic carbocycles. The lowest BCUT2D eigenvalue weighted by Crippen LogP contribution is -2.51. The summed E-state index contributed by atoms with van der Waals surface area (Å²) in [6.07, 6.45) is 8.76. The first-order valence-electron chi connectivity index (χ1n) is 14.7. The highest BCUT2D eigenvalue weighted by Crippen LogP contribution is 2.45. The van der Waals surface area contributed by atoms with Gasteiger partial charge in [-0.3, -0.25) is 4.90 Å². The van der Waals surface area contributed by atoms with Crippen LogP contribution in [0.25, 0.3) is 11.0 Å². The first-order chi connectivity index (χ1) is 18.4. The van der Waals surface area contributed by atoms with E-state index >= 15 is 0 Å². The molecule has 202 valence electrons. The largest absolute Gasteiger partial charge is 0.360 e. The quantitative estimate of drug-likeness (QED) is 0.384. The zero-order valence-electron chi connectivity index (χ0n) is 23.3. The second kappa shape index (κ2) is 10.6. The van der Waals surface area contributed by atoms with E-state index in [2.05, 4.69) is 95.1 Å². The summed E-state index contributed by atoms with van der Waals surface area (Å²) in [7, 11) is 0. The van der Waals surface area contributed by atoms with E-state index in [0.29, 0.717) is 24.2 Å². The summed E-state index contributed by atoms with van der Waals surface area (Å²) >= 11 is 5.73. The van der Waals surface area contributed by atoms with Crippen LogP contribution in [-0.4, -0.2) is 62.2 Å². The lowest BCUT2D eigenvalue weighted by atomic mass is 9.70. The van der Waals surface area contributed by atoms with Crippen molar-refractivity contribution in [2.24, 2.45) is 0 Å². The van der Waals surface area contributed by atoms with Gasteiger partial charge in [-0.25, -0.2) is 4.98 Å². The van der Waals surface area contributed by atoms with Gasteiger partial charge in [-0.15, -0.1) is 0 Å². The Morgan fingerprint density at radius 1 is 0.974 bits per heavy atom. The molecule has 3 saturated heterocycles. The van der Waals surface area contributed by atoms with Crippen LogP contribution >= 0.6 is 12.2 Å². The number of likely N-dealkylation sites (tertiary alicyclic amines) is 1. The number of rotatable bonds is 6. The first kappa shape index (κ1) is 25.8. The van der Waals surface area contributed by atoms with Gasteiger partial charge in [0, 0.05) is 37.3 Å². The number of piperidine rings is 2. The summed E-state index contributed by atoms with van der Waals surface area (Å²) < 4.78 is 2.55. The second-order valence-electron chi connectivity index (χ2n) is 12.3. The van der Waals surface area contributed by atoms with E-state index in [1.54, 1.807) is 0 Å². The molecule has 0 spiro atoms. The number of benzene rings is 2. The average Bonchev–Trinajstić information content (AvgIpc) is 3.38. The number of nitrogens with zero attached hydrogens (tertiary/aromatic N) is 4. The minimum Gasteiger partial charge on any atom is -0.360 e. The van der Waals surface area contributed by atoms with Crippen molar-refractivity contribution >= 4 is 28.4 Å². The molecule has 4 heterocycles. The van der Waals surface area contributed by atoms with Crippen LogP contribution in [0.4, 0.5) is 0 Å². The Bertz CT molecular complexity index is 1250. The van der Waals surface area contributed by atoms with Crippen LogP contribution in [-0.2, 0) is 5.41 Å². The van der Waals surface area contributed by atoms with Crippen molar-refractivity contribution in [1.29, 1.82) is 0 Å². The maximum Gasteiger partial charge on any atom is 0.169 e. The molecular weight excluding hydrogens is 486 g/mol. The SMILES string of the molecule is Cc1nc2ccccc2n1C1CC2CC[C@H](C1)N2CCC1(c2ccccc2)CCN(C(=S)NC(C)C)CC1. The van der Waals surface area contributed by atoms with Crippen molar-refractivity contribution in [3.63, 3.8) is 0 Å². The Morgan fingerprint density at radius 3 is 2.32 bits per heavy atom. The first-order valence-corrected chi connectivity index (χ1v) is 15.1. The van der Waals surface area contributed by atoms with Gasteiger partial charge in [-0.2, -0.15) is 0 Å². The molecule has 1 N–H and O–H groups in total. The molecule has 5 nitrogen and oxygen atoms in total. The summed E-state index contributed by atoms with van der Waals surface area (Å²) in [5, 5.41) is 4.38. The van der Waals surface area contributed by atoms with Gasteiger partial charge in [0.05, 0.1) is 11.0 Å². The molecular formula is C32H43N5S. The van der Waals surface area contributed by atoms with E-state index in [4.69, 9.17) is 17.2 Å². The molecule has 2 unspecified atom stereocenters. The van der Waals surface area contributed by atoms with Crippen LogP contribution in [0.2, 0.25) is 0 Å². The van der Waals surface area contributed by atoms with Crippen LogP contribution in [0, 0.1) is 6.92 Å². The number of aromatic nitrogens is 2. The molecule has 2 bridgehead atoms. The molecule has 38 heavy (non-hydrogen) atoms. The van der Waals surface area contributed by atoms with Gasteiger partial charge in [0.2, 0.25) is 0 Å². The number of para-hydroxylation sites is 2. The van der Waals surface area contributed by atoms with E-state index < -0.39 is 0 Å². The normalized spacial score (nSPS) is 25.3. The van der Waals surface area contributed by atoms with Gasteiger partial charge < -0.3 is 14.8 Å². The molecule has 0 saturated carbocycles.